The van der Waals surface area contributed by atoms with Gasteiger partial charge in [-0.1, -0.05) is 19.8 Å². The predicted octanol–water partition coefficient (Wildman–Crippen LogP) is 3.95. The van der Waals surface area contributed by atoms with E-state index in [9.17, 15) is 28.0 Å². The maximum absolute atomic E-state index is 12.6. The number of imide groups is 2. The van der Waals surface area contributed by atoms with Crippen molar-refractivity contribution in [3.05, 3.63) is 24.0 Å². The quantitative estimate of drug-likeness (QED) is 0.343. The SMILES string of the molecule is CCCCCC=O.CN1CCCC1.O=CN1C(=O)N(c2cncc(C(F)F)c2)C(=O)C12CC2. The number of hydrogen-bond donors (Lipinski definition) is 0. The van der Waals surface area contributed by atoms with E-state index in [2.05, 4.69) is 23.9 Å². The van der Waals surface area contributed by atoms with Crippen LogP contribution in [0.25, 0.3) is 0 Å². The second-order valence-corrected chi connectivity index (χ2v) is 8.38. The maximum atomic E-state index is 12.6. The third-order valence-corrected chi connectivity index (χ3v) is 5.80. The zero-order chi connectivity index (χ0) is 24.4. The number of pyridine rings is 1. The van der Waals surface area contributed by atoms with Crippen molar-refractivity contribution in [2.75, 3.05) is 25.0 Å². The Morgan fingerprint density at radius 2 is 1.79 bits per heavy atom. The first-order chi connectivity index (χ1) is 15.8. The van der Waals surface area contributed by atoms with Crippen LogP contribution >= 0.6 is 0 Å². The highest BCUT2D eigenvalue weighted by Gasteiger charge is 2.65. The van der Waals surface area contributed by atoms with Crippen LogP contribution in [0.5, 0.6) is 0 Å². The second-order valence-electron chi connectivity index (χ2n) is 8.38. The van der Waals surface area contributed by atoms with Crippen molar-refractivity contribution in [1.29, 1.82) is 0 Å². The summed E-state index contributed by atoms with van der Waals surface area (Å²) in [7, 11) is 2.17. The van der Waals surface area contributed by atoms with E-state index in [4.69, 9.17) is 0 Å². The first-order valence-corrected chi connectivity index (χ1v) is 11.3. The van der Waals surface area contributed by atoms with E-state index < -0.39 is 29.5 Å². The average molecular weight is 467 g/mol. The van der Waals surface area contributed by atoms with Gasteiger partial charge in [0.05, 0.1) is 11.9 Å². The molecule has 182 valence electrons. The largest absolute Gasteiger partial charge is 0.338 e. The molecule has 0 radical (unpaired) electrons. The number of unbranched alkanes of at least 4 members (excludes halogenated alkanes) is 3. The molecule has 4 rings (SSSR count). The predicted molar refractivity (Wildman–Crippen MR) is 119 cm³/mol. The Hall–Kier alpha value is -2.75. The van der Waals surface area contributed by atoms with E-state index in [1.54, 1.807) is 0 Å². The Morgan fingerprint density at radius 1 is 1.12 bits per heavy atom. The molecular weight excluding hydrogens is 434 g/mol. The fourth-order valence-corrected chi connectivity index (χ4v) is 3.68. The molecule has 0 atom stereocenters. The third-order valence-electron chi connectivity index (χ3n) is 5.80. The summed E-state index contributed by atoms with van der Waals surface area (Å²) in [5.74, 6) is -0.567. The van der Waals surface area contributed by atoms with Crippen molar-refractivity contribution in [2.24, 2.45) is 0 Å². The Balaban J connectivity index is 0.000000243. The van der Waals surface area contributed by atoms with E-state index in [1.165, 1.54) is 38.8 Å². The summed E-state index contributed by atoms with van der Waals surface area (Å²) in [4.78, 5) is 52.5. The number of likely N-dealkylation sites (tertiary alicyclic amines) is 1. The molecule has 8 nitrogen and oxygen atoms in total. The fourth-order valence-electron chi connectivity index (χ4n) is 3.68. The van der Waals surface area contributed by atoms with E-state index in [-0.39, 0.29) is 5.69 Å². The molecule has 1 saturated carbocycles. The summed E-state index contributed by atoms with van der Waals surface area (Å²) >= 11 is 0. The van der Waals surface area contributed by atoms with Crippen LogP contribution < -0.4 is 4.90 Å². The van der Waals surface area contributed by atoms with Crippen LogP contribution in [0.3, 0.4) is 0 Å². The maximum Gasteiger partial charge on any atom is 0.338 e. The molecule has 2 saturated heterocycles. The molecule has 3 aliphatic rings. The molecule has 33 heavy (non-hydrogen) atoms. The Morgan fingerprint density at radius 3 is 2.21 bits per heavy atom. The average Bonchev–Trinajstić information content (AvgIpc) is 3.40. The van der Waals surface area contributed by atoms with Crippen molar-refractivity contribution >= 4 is 30.3 Å². The molecular formula is C23H32F2N4O4. The number of carbonyl (C=O) groups is 4. The van der Waals surface area contributed by atoms with Gasteiger partial charge in [0.15, 0.2) is 0 Å². The van der Waals surface area contributed by atoms with Crippen LogP contribution in [0.2, 0.25) is 0 Å². The van der Waals surface area contributed by atoms with Crippen LogP contribution in [0.15, 0.2) is 18.5 Å². The van der Waals surface area contributed by atoms with Crippen LogP contribution in [-0.2, 0) is 14.4 Å². The molecule has 1 spiro atoms. The number of carbonyl (C=O) groups excluding carboxylic acids is 4. The number of nitrogens with zero attached hydrogens (tertiary/aromatic N) is 4. The number of anilines is 1. The summed E-state index contributed by atoms with van der Waals surface area (Å²) in [6.07, 6.45) is 8.47. The minimum absolute atomic E-state index is 0.0478. The Kier molecular flexibility index (Phi) is 10.0. The van der Waals surface area contributed by atoms with Gasteiger partial charge in [-0.2, -0.15) is 0 Å². The molecule has 4 amide bonds. The highest BCUT2D eigenvalue weighted by atomic mass is 19.3. The molecule has 1 aliphatic carbocycles. The molecule has 1 aromatic rings. The number of aromatic nitrogens is 1. The molecule has 0 aromatic carbocycles. The lowest BCUT2D eigenvalue weighted by atomic mass is 10.2. The normalized spacial score (nSPS) is 18.7. The van der Waals surface area contributed by atoms with Gasteiger partial charge in [-0.3, -0.25) is 19.5 Å². The number of amides is 4. The zero-order valence-electron chi connectivity index (χ0n) is 19.2. The lowest BCUT2D eigenvalue weighted by Gasteiger charge is -2.13. The minimum Gasteiger partial charge on any atom is -0.306 e. The standard InChI is InChI=1S/C12H9F2N3O3.C6H12O.C5H11N/c13-9(14)7-3-8(5-15-4-7)17-10(19)12(1-2-12)16(6-18)11(17)20;1-2-3-4-5-6-7;1-6-4-2-3-5-6/h3-6,9H,1-2H2;6H,2-5H2,1H3;2-5H2,1H3. The van der Waals surface area contributed by atoms with Gasteiger partial charge < -0.3 is 9.69 Å². The van der Waals surface area contributed by atoms with E-state index >= 15 is 0 Å². The topological polar surface area (TPSA) is 90.9 Å². The van der Waals surface area contributed by atoms with E-state index in [0.717, 1.165) is 47.4 Å². The smallest absolute Gasteiger partial charge is 0.306 e. The van der Waals surface area contributed by atoms with Gasteiger partial charge in [0.1, 0.15) is 11.8 Å². The number of hydrogen-bond acceptors (Lipinski definition) is 6. The van der Waals surface area contributed by atoms with Crippen LogP contribution in [-0.4, -0.2) is 65.1 Å². The number of rotatable bonds is 7. The van der Waals surface area contributed by atoms with E-state index in [0.29, 0.717) is 19.3 Å². The van der Waals surface area contributed by atoms with Gasteiger partial charge >= 0.3 is 6.03 Å². The summed E-state index contributed by atoms with van der Waals surface area (Å²) in [5.41, 5.74) is -1.55. The number of alkyl halides is 2. The summed E-state index contributed by atoms with van der Waals surface area (Å²) in [6.45, 7) is 4.77. The Bertz CT molecular complexity index is 826. The molecule has 10 heteroatoms. The first kappa shape index (κ1) is 26.5. The van der Waals surface area contributed by atoms with Gasteiger partial charge in [-0.15, -0.1) is 0 Å². The monoisotopic (exact) mass is 466 g/mol. The minimum atomic E-state index is -2.76. The molecule has 0 bridgehead atoms. The van der Waals surface area contributed by atoms with Crippen molar-refractivity contribution in [1.82, 2.24) is 14.8 Å². The third kappa shape index (κ3) is 6.63. The first-order valence-electron chi connectivity index (χ1n) is 11.3. The van der Waals surface area contributed by atoms with Crippen LogP contribution in [0.1, 0.15) is 70.3 Å². The van der Waals surface area contributed by atoms with Crippen molar-refractivity contribution in [3.63, 3.8) is 0 Å². The highest BCUT2D eigenvalue weighted by molar-refractivity contribution is 6.26. The Labute approximate surface area is 192 Å². The van der Waals surface area contributed by atoms with Crippen molar-refractivity contribution < 1.29 is 28.0 Å². The van der Waals surface area contributed by atoms with Crippen LogP contribution in [0.4, 0.5) is 19.3 Å². The zero-order valence-corrected chi connectivity index (χ0v) is 19.2. The summed E-state index contributed by atoms with van der Waals surface area (Å²) < 4.78 is 25.3. The van der Waals surface area contributed by atoms with Gasteiger partial charge in [0, 0.05) is 18.2 Å². The van der Waals surface area contributed by atoms with E-state index in [1.807, 2.05) is 0 Å². The summed E-state index contributed by atoms with van der Waals surface area (Å²) in [5, 5.41) is 0. The van der Waals surface area contributed by atoms with Gasteiger partial charge in [-0.25, -0.2) is 18.5 Å². The van der Waals surface area contributed by atoms with Crippen LogP contribution in [0, 0.1) is 0 Å². The lowest BCUT2D eigenvalue weighted by molar-refractivity contribution is -0.126. The molecule has 2 aliphatic heterocycles. The second kappa shape index (κ2) is 12.5. The fraction of sp³-hybridized carbons (Fsp3) is 0.609. The molecule has 0 N–H and O–H groups in total. The number of halogens is 2. The van der Waals surface area contributed by atoms with Gasteiger partial charge in [-0.05, 0) is 58.3 Å². The number of aldehydes is 1. The van der Waals surface area contributed by atoms with Gasteiger partial charge in [0.2, 0.25) is 6.41 Å². The van der Waals surface area contributed by atoms with Crippen molar-refractivity contribution in [2.45, 2.75) is 70.3 Å². The van der Waals surface area contributed by atoms with Crippen molar-refractivity contribution in [3.8, 4) is 0 Å². The highest BCUT2D eigenvalue weighted by Crippen LogP contribution is 2.48. The number of urea groups is 1. The summed E-state index contributed by atoms with van der Waals surface area (Å²) in [6, 6.07) is 0.202. The molecule has 1 aromatic heterocycles. The lowest BCUT2D eigenvalue weighted by Crippen LogP contribution is -2.35. The molecule has 3 heterocycles. The molecule has 3 fully saturated rings. The van der Waals surface area contributed by atoms with Gasteiger partial charge in [0.25, 0.3) is 12.3 Å². The molecule has 0 unspecified atom stereocenters.